The van der Waals surface area contributed by atoms with E-state index in [9.17, 15) is 0 Å². The monoisotopic (exact) mass is 396 g/mol. The molecule has 1 unspecified atom stereocenters. The Morgan fingerprint density at radius 2 is 1.85 bits per heavy atom. The van der Waals surface area contributed by atoms with E-state index >= 15 is 0 Å². The molecule has 1 atom stereocenters. The van der Waals surface area contributed by atoms with Crippen LogP contribution in [0.4, 0.5) is 0 Å². The maximum atomic E-state index is 3.57. The van der Waals surface area contributed by atoms with E-state index in [4.69, 9.17) is 0 Å². The summed E-state index contributed by atoms with van der Waals surface area (Å²) in [7, 11) is -0.371. The largest absolute Gasteiger partial charge is 3.00 e. The number of allylic oxidation sites excluding steroid dienone is 5. The van der Waals surface area contributed by atoms with Gasteiger partial charge in [-0.05, 0) is 25.8 Å². The van der Waals surface area contributed by atoms with Crippen molar-refractivity contribution < 1.29 is 51.0 Å². The van der Waals surface area contributed by atoms with Crippen molar-refractivity contribution in [3.8, 4) is 0 Å². The number of benzene rings is 1. The fraction of sp³-hybridized carbons (Fsp3) is 0.250. The first-order valence-corrected chi connectivity index (χ1v) is 8.66. The van der Waals surface area contributed by atoms with Crippen molar-refractivity contribution in [1.82, 2.24) is 0 Å². The molecule has 2 aliphatic carbocycles. The Balaban J connectivity index is 0.00000120. The van der Waals surface area contributed by atoms with Gasteiger partial charge in [-0.3, -0.25) is 6.08 Å². The minimum atomic E-state index is -0.371. The Labute approximate surface area is 155 Å². The van der Waals surface area contributed by atoms with E-state index in [0.717, 1.165) is 6.42 Å². The molecule has 102 valence electrons. The first-order chi connectivity index (χ1) is 8.27. The second-order valence-corrected chi connectivity index (χ2v) is 7.42. The van der Waals surface area contributed by atoms with E-state index < -0.39 is 0 Å². The fourth-order valence-corrected chi connectivity index (χ4v) is 4.01. The van der Waals surface area contributed by atoms with E-state index in [2.05, 4.69) is 61.7 Å². The molecule has 0 nitrogen and oxygen atoms in total. The zero-order chi connectivity index (χ0) is 11.8. The minimum Gasteiger partial charge on any atom is -1.00 e. The maximum Gasteiger partial charge on any atom is 3.00 e. The molecule has 0 fully saturated rings. The van der Waals surface area contributed by atoms with Crippen LogP contribution in [0, 0.1) is 6.08 Å². The van der Waals surface area contributed by atoms with Gasteiger partial charge in [0.05, 0.1) is 0 Å². The van der Waals surface area contributed by atoms with Crippen LogP contribution >= 0.6 is 0 Å². The van der Waals surface area contributed by atoms with Gasteiger partial charge in [0.25, 0.3) is 0 Å². The molecule has 0 saturated heterocycles. The molecule has 20 heavy (non-hydrogen) atoms. The van der Waals surface area contributed by atoms with Crippen molar-refractivity contribution in [2.24, 2.45) is 0 Å². The molecule has 0 amide bonds. The molecule has 2 aliphatic rings. The van der Waals surface area contributed by atoms with Gasteiger partial charge < -0.3 is 24.8 Å². The molecule has 0 aromatic heterocycles. The van der Waals surface area contributed by atoms with Crippen LogP contribution in [0.1, 0.15) is 23.5 Å². The molecule has 4 heteroatoms. The summed E-state index contributed by atoms with van der Waals surface area (Å²) in [6.45, 7) is 4.74. The molecule has 0 bridgehead atoms. The van der Waals surface area contributed by atoms with Gasteiger partial charge in [0, 0.05) is 0 Å². The zero-order valence-corrected chi connectivity index (χ0v) is 16.6. The standard InChI is InChI=1S/C16H16Si.2ClH.Zr/c1-17(2)16-9-5-8-15(16)14-11-10-12-6-3-4-7-13(12)14;;;/h3-4,6-7,9-11,14H,5H2,1-2H3;2*1H;/q-1;;;+3/p-2. The van der Waals surface area contributed by atoms with Crippen LogP contribution in [-0.4, -0.2) is 8.80 Å². The van der Waals surface area contributed by atoms with E-state index in [1.807, 2.05) is 0 Å². The summed E-state index contributed by atoms with van der Waals surface area (Å²) in [5.41, 5.74) is 4.27. The Morgan fingerprint density at radius 1 is 1.15 bits per heavy atom. The molecule has 0 spiro atoms. The second-order valence-electron chi connectivity index (χ2n) is 4.88. The van der Waals surface area contributed by atoms with Gasteiger partial charge in [0.1, 0.15) is 0 Å². The third-order valence-electron chi connectivity index (χ3n) is 3.54. The van der Waals surface area contributed by atoms with Crippen molar-refractivity contribution in [3.63, 3.8) is 0 Å². The van der Waals surface area contributed by atoms with Gasteiger partial charge >= 0.3 is 26.2 Å². The smallest absolute Gasteiger partial charge is 1.00 e. The van der Waals surface area contributed by atoms with E-state index in [-0.39, 0.29) is 59.8 Å². The topological polar surface area (TPSA) is 0 Å². The van der Waals surface area contributed by atoms with Crippen molar-refractivity contribution in [2.75, 3.05) is 0 Å². The average Bonchev–Trinajstić information content (AvgIpc) is 2.94. The van der Waals surface area contributed by atoms with Gasteiger partial charge in [-0.1, -0.05) is 49.5 Å². The molecule has 0 N–H and O–H groups in total. The maximum absolute atomic E-state index is 3.57. The molecular formula is C16H16Cl2SiZr. The predicted molar refractivity (Wildman–Crippen MR) is 75.2 cm³/mol. The van der Waals surface area contributed by atoms with Gasteiger partial charge in [-0.25, -0.2) is 10.8 Å². The van der Waals surface area contributed by atoms with Crippen LogP contribution in [0.5, 0.6) is 0 Å². The van der Waals surface area contributed by atoms with Crippen LogP contribution < -0.4 is 24.8 Å². The summed E-state index contributed by atoms with van der Waals surface area (Å²) in [6, 6.07) is 8.71. The van der Waals surface area contributed by atoms with E-state index in [1.54, 1.807) is 5.20 Å². The molecule has 2 radical (unpaired) electrons. The summed E-state index contributed by atoms with van der Waals surface area (Å²) in [5.74, 6) is 0.458. The summed E-state index contributed by atoms with van der Waals surface area (Å²) < 4.78 is 0. The van der Waals surface area contributed by atoms with Crippen molar-refractivity contribution in [2.45, 2.75) is 25.4 Å². The van der Waals surface area contributed by atoms with Gasteiger partial charge in [0.2, 0.25) is 0 Å². The van der Waals surface area contributed by atoms with Gasteiger partial charge in [0.15, 0.2) is 0 Å². The number of fused-ring (bicyclic) bond motifs is 1. The van der Waals surface area contributed by atoms with Crippen LogP contribution in [0.3, 0.4) is 0 Å². The molecule has 1 aromatic carbocycles. The quantitative estimate of drug-likeness (QED) is 0.406. The average molecular weight is 399 g/mol. The Morgan fingerprint density at radius 3 is 2.55 bits per heavy atom. The van der Waals surface area contributed by atoms with Crippen molar-refractivity contribution in [3.05, 3.63) is 64.4 Å². The van der Waals surface area contributed by atoms with Crippen LogP contribution in [0.25, 0.3) is 6.08 Å². The van der Waals surface area contributed by atoms with Crippen LogP contribution in [-0.2, 0) is 26.2 Å². The summed E-state index contributed by atoms with van der Waals surface area (Å²) >= 11 is 0. The first kappa shape index (κ1) is 20.1. The predicted octanol–water partition coefficient (Wildman–Crippen LogP) is -1.84. The van der Waals surface area contributed by atoms with Crippen molar-refractivity contribution >= 4 is 14.9 Å². The fourth-order valence-electron chi connectivity index (χ4n) is 2.72. The Hall–Kier alpha value is 0.120. The number of hydrogen-bond acceptors (Lipinski definition) is 0. The SMILES string of the molecule is C[Si](C)C1=CC[C-]=C1C1C=Cc2ccccc21.[Cl-].[Cl-].[Zr+3]. The Kier molecular flexibility index (Phi) is 8.59. The van der Waals surface area contributed by atoms with E-state index in [1.165, 1.54) is 16.7 Å². The minimum absolute atomic E-state index is 0. The normalized spacial score (nSPS) is 18.4. The number of hydrogen-bond donors (Lipinski definition) is 0. The molecule has 0 saturated carbocycles. The number of rotatable bonds is 2. The summed E-state index contributed by atoms with van der Waals surface area (Å²) in [6.07, 6.45) is 11.5. The molecule has 0 heterocycles. The third kappa shape index (κ3) is 3.65. The molecular weight excluding hydrogens is 382 g/mol. The second kappa shape index (κ2) is 8.54. The van der Waals surface area contributed by atoms with Gasteiger partial charge in [-0.15, -0.1) is 6.42 Å². The Bertz CT molecular complexity index is 547. The zero-order valence-electron chi connectivity index (χ0n) is 11.6. The van der Waals surface area contributed by atoms with Crippen LogP contribution in [0.15, 0.2) is 47.2 Å². The first-order valence-electron chi connectivity index (χ1n) is 6.16. The molecule has 3 rings (SSSR count). The molecule has 0 aliphatic heterocycles. The summed E-state index contributed by atoms with van der Waals surface area (Å²) in [4.78, 5) is 0. The molecule has 1 aromatic rings. The summed E-state index contributed by atoms with van der Waals surface area (Å²) in [5, 5.41) is 1.58. The van der Waals surface area contributed by atoms with Crippen LogP contribution in [0.2, 0.25) is 13.1 Å². The number of halogens is 2. The van der Waals surface area contributed by atoms with Gasteiger partial charge in [-0.2, -0.15) is 6.08 Å². The van der Waals surface area contributed by atoms with E-state index in [0.29, 0.717) is 5.92 Å². The third-order valence-corrected chi connectivity index (χ3v) is 5.09. The van der Waals surface area contributed by atoms with Crippen molar-refractivity contribution in [1.29, 1.82) is 0 Å².